The second kappa shape index (κ2) is 8.04. The highest BCUT2D eigenvalue weighted by Crippen LogP contribution is 2.34. The molecular formula is C16H22ClN3O2S. The largest absolute Gasteiger partial charge is 0.351 e. The third-order valence-corrected chi connectivity index (χ3v) is 5.29. The van der Waals surface area contributed by atoms with Gasteiger partial charge < -0.3 is 15.5 Å². The molecule has 0 aliphatic carbocycles. The Morgan fingerprint density at radius 2 is 2.22 bits per heavy atom. The summed E-state index contributed by atoms with van der Waals surface area (Å²) in [6, 6.07) is 7.94. The van der Waals surface area contributed by atoms with Gasteiger partial charge in [-0.2, -0.15) is 0 Å². The molecule has 2 atom stereocenters. The van der Waals surface area contributed by atoms with Crippen molar-refractivity contribution in [3.63, 3.8) is 0 Å². The molecule has 0 saturated carbocycles. The minimum atomic E-state index is -0.0752. The van der Waals surface area contributed by atoms with E-state index in [1.54, 1.807) is 4.90 Å². The van der Waals surface area contributed by atoms with E-state index in [0.29, 0.717) is 11.7 Å². The lowest BCUT2D eigenvalue weighted by Crippen LogP contribution is -2.51. The molecule has 0 radical (unpaired) electrons. The maximum atomic E-state index is 12.3. The van der Waals surface area contributed by atoms with Crippen LogP contribution in [0.4, 0.5) is 5.69 Å². The van der Waals surface area contributed by atoms with Crippen LogP contribution in [-0.4, -0.2) is 43.2 Å². The lowest BCUT2D eigenvalue weighted by molar-refractivity contribution is -0.123. The Morgan fingerprint density at radius 3 is 3.00 bits per heavy atom. The molecule has 23 heavy (non-hydrogen) atoms. The Morgan fingerprint density at radius 1 is 1.43 bits per heavy atom. The third-order valence-electron chi connectivity index (χ3n) is 4.24. The lowest BCUT2D eigenvalue weighted by atomic mass is 9.95. The number of anilines is 1. The van der Waals surface area contributed by atoms with Crippen molar-refractivity contribution in [3.8, 4) is 0 Å². The smallest absolute Gasteiger partial charge is 0.240 e. The number of hydrogen-bond donors (Lipinski definition) is 2. The summed E-state index contributed by atoms with van der Waals surface area (Å²) in [5.41, 5.74) is 0.845. The summed E-state index contributed by atoms with van der Waals surface area (Å²) in [4.78, 5) is 27.2. The maximum Gasteiger partial charge on any atom is 0.240 e. The second-order valence-corrected chi connectivity index (χ2v) is 6.90. The number of piperidine rings is 1. The monoisotopic (exact) mass is 355 g/mol. The zero-order valence-electron chi connectivity index (χ0n) is 13.1. The number of amides is 2. The first-order valence-electron chi connectivity index (χ1n) is 7.67. The Balaban J connectivity index is 0.00000192. The summed E-state index contributed by atoms with van der Waals surface area (Å²) in [5.74, 6) is 0.734. The van der Waals surface area contributed by atoms with Crippen LogP contribution in [0.2, 0.25) is 0 Å². The van der Waals surface area contributed by atoms with Gasteiger partial charge in [0, 0.05) is 10.9 Å². The first-order valence-corrected chi connectivity index (χ1v) is 8.66. The molecule has 5 nitrogen and oxygen atoms in total. The van der Waals surface area contributed by atoms with Crippen LogP contribution in [0.25, 0.3) is 0 Å². The van der Waals surface area contributed by atoms with Crippen molar-refractivity contribution in [2.75, 3.05) is 30.3 Å². The molecule has 1 aromatic carbocycles. The van der Waals surface area contributed by atoms with E-state index in [0.717, 1.165) is 30.1 Å². The molecule has 0 aromatic heterocycles. The molecule has 1 saturated heterocycles. The van der Waals surface area contributed by atoms with E-state index in [1.807, 2.05) is 24.3 Å². The van der Waals surface area contributed by atoms with Gasteiger partial charge in [-0.3, -0.25) is 9.59 Å². The second-order valence-electron chi connectivity index (χ2n) is 5.88. The number of halogens is 1. The minimum Gasteiger partial charge on any atom is -0.351 e. The zero-order valence-corrected chi connectivity index (χ0v) is 14.7. The topological polar surface area (TPSA) is 61.4 Å². The average molecular weight is 356 g/mol. The van der Waals surface area contributed by atoms with Gasteiger partial charge in [0.1, 0.15) is 6.54 Å². The van der Waals surface area contributed by atoms with E-state index >= 15 is 0 Å². The van der Waals surface area contributed by atoms with E-state index in [2.05, 4.69) is 17.6 Å². The number of benzene rings is 1. The van der Waals surface area contributed by atoms with Crippen molar-refractivity contribution in [3.05, 3.63) is 24.3 Å². The van der Waals surface area contributed by atoms with Gasteiger partial charge in [0.25, 0.3) is 0 Å². The Kier molecular flexibility index (Phi) is 6.33. The van der Waals surface area contributed by atoms with Crippen molar-refractivity contribution in [1.82, 2.24) is 10.6 Å². The van der Waals surface area contributed by atoms with Crippen LogP contribution < -0.4 is 15.5 Å². The number of fused-ring (bicyclic) bond motifs is 1. The number of hydrogen-bond acceptors (Lipinski definition) is 4. The van der Waals surface area contributed by atoms with Gasteiger partial charge in [-0.05, 0) is 37.6 Å². The number of thioether (sulfide) groups is 1. The highest BCUT2D eigenvalue weighted by atomic mass is 35.5. The number of para-hydroxylation sites is 1. The predicted molar refractivity (Wildman–Crippen MR) is 95.3 cm³/mol. The van der Waals surface area contributed by atoms with Crippen molar-refractivity contribution in [2.24, 2.45) is 5.92 Å². The highest BCUT2D eigenvalue weighted by molar-refractivity contribution is 8.00. The summed E-state index contributed by atoms with van der Waals surface area (Å²) in [6.07, 6.45) is 0.938. The van der Waals surface area contributed by atoms with Crippen LogP contribution in [-0.2, 0) is 9.59 Å². The van der Waals surface area contributed by atoms with Crippen LogP contribution in [0, 0.1) is 5.92 Å². The van der Waals surface area contributed by atoms with E-state index < -0.39 is 0 Å². The summed E-state index contributed by atoms with van der Waals surface area (Å²) in [6.45, 7) is 4.09. The van der Waals surface area contributed by atoms with Gasteiger partial charge in [0.15, 0.2) is 0 Å². The third kappa shape index (κ3) is 4.19. The van der Waals surface area contributed by atoms with Crippen LogP contribution in [0.1, 0.15) is 13.3 Å². The molecule has 2 unspecified atom stereocenters. The molecule has 2 aliphatic rings. The first kappa shape index (κ1) is 18.1. The van der Waals surface area contributed by atoms with E-state index in [4.69, 9.17) is 0 Å². The summed E-state index contributed by atoms with van der Waals surface area (Å²) >= 11 is 1.53. The Bertz CT molecular complexity index is 584. The predicted octanol–water partition coefficient (Wildman–Crippen LogP) is 1.66. The number of nitrogens with one attached hydrogen (secondary N) is 2. The fourth-order valence-electron chi connectivity index (χ4n) is 2.95. The fourth-order valence-corrected chi connectivity index (χ4v) is 3.89. The van der Waals surface area contributed by atoms with Crippen molar-refractivity contribution in [1.29, 1.82) is 0 Å². The molecule has 1 fully saturated rings. The average Bonchev–Trinajstić information content (AvgIpc) is 2.52. The van der Waals surface area contributed by atoms with E-state index in [-0.39, 0.29) is 36.8 Å². The molecule has 0 spiro atoms. The quantitative estimate of drug-likeness (QED) is 0.865. The highest BCUT2D eigenvalue weighted by Gasteiger charge is 2.28. The number of rotatable bonds is 3. The van der Waals surface area contributed by atoms with Crippen LogP contribution >= 0.6 is 24.2 Å². The molecule has 7 heteroatoms. The summed E-state index contributed by atoms with van der Waals surface area (Å²) < 4.78 is 0. The van der Waals surface area contributed by atoms with Gasteiger partial charge in [0.05, 0.1) is 11.4 Å². The molecule has 2 aliphatic heterocycles. The van der Waals surface area contributed by atoms with E-state index in [1.165, 1.54) is 11.8 Å². The molecule has 0 bridgehead atoms. The number of nitrogens with zero attached hydrogens (tertiary/aromatic N) is 1. The standard InChI is InChI=1S/C16H21N3O2S.ClH/c1-11-8-17-7-6-12(11)18-15(20)9-19-13-4-2-3-5-14(13)22-10-16(19)21;/h2-5,11-12,17H,6-10H2,1H3,(H,18,20);1H. The van der Waals surface area contributed by atoms with Crippen molar-refractivity contribution < 1.29 is 9.59 Å². The van der Waals surface area contributed by atoms with Gasteiger partial charge in [0.2, 0.25) is 11.8 Å². The minimum absolute atomic E-state index is 0. The van der Waals surface area contributed by atoms with E-state index in [9.17, 15) is 9.59 Å². The number of carbonyl (C=O) groups excluding carboxylic acids is 2. The molecular weight excluding hydrogens is 334 g/mol. The van der Waals surface area contributed by atoms with Crippen LogP contribution in [0.3, 0.4) is 0 Å². The Labute approximate surface area is 147 Å². The number of carbonyl (C=O) groups is 2. The summed E-state index contributed by atoms with van der Waals surface area (Å²) in [7, 11) is 0. The molecule has 126 valence electrons. The summed E-state index contributed by atoms with van der Waals surface area (Å²) in [5, 5.41) is 6.41. The Hall–Kier alpha value is -1.24. The van der Waals surface area contributed by atoms with Gasteiger partial charge in [-0.1, -0.05) is 19.1 Å². The SMILES string of the molecule is CC1CNCCC1NC(=O)CN1C(=O)CSc2ccccc21.Cl. The first-order chi connectivity index (χ1) is 10.6. The molecule has 3 rings (SSSR count). The van der Waals surface area contributed by atoms with Gasteiger partial charge in [-0.25, -0.2) is 0 Å². The lowest BCUT2D eigenvalue weighted by Gasteiger charge is -2.32. The molecule has 2 N–H and O–H groups in total. The van der Waals surface area contributed by atoms with Gasteiger partial charge >= 0.3 is 0 Å². The van der Waals surface area contributed by atoms with Crippen molar-refractivity contribution in [2.45, 2.75) is 24.3 Å². The van der Waals surface area contributed by atoms with Crippen LogP contribution in [0.15, 0.2) is 29.2 Å². The maximum absolute atomic E-state index is 12.3. The normalized spacial score (nSPS) is 23.7. The van der Waals surface area contributed by atoms with Gasteiger partial charge in [-0.15, -0.1) is 24.2 Å². The fraction of sp³-hybridized carbons (Fsp3) is 0.500. The molecule has 2 amide bonds. The van der Waals surface area contributed by atoms with Crippen molar-refractivity contribution >= 4 is 41.7 Å². The molecule has 2 heterocycles. The molecule has 1 aromatic rings. The van der Waals surface area contributed by atoms with Crippen LogP contribution in [0.5, 0.6) is 0 Å². The zero-order chi connectivity index (χ0) is 15.5.